The first-order valence-electron chi connectivity index (χ1n) is 6.82. The van der Waals surface area contributed by atoms with E-state index in [4.69, 9.17) is 23.2 Å². The van der Waals surface area contributed by atoms with E-state index in [-0.39, 0.29) is 5.25 Å². The maximum absolute atomic E-state index is 10.9. The van der Waals surface area contributed by atoms with Crippen LogP contribution < -0.4 is 0 Å². The van der Waals surface area contributed by atoms with Gasteiger partial charge >= 0.3 is 0 Å². The number of hydrogen-bond donors (Lipinski definition) is 1. The van der Waals surface area contributed by atoms with Crippen LogP contribution >= 0.6 is 35.0 Å². The quantitative estimate of drug-likeness (QED) is 0.714. The lowest BCUT2D eigenvalue weighted by atomic mass is 9.87. The van der Waals surface area contributed by atoms with E-state index >= 15 is 0 Å². The molecule has 0 spiro atoms. The third kappa shape index (κ3) is 2.83. The highest BCUT2D eigenvalue weighted by Gasteiger charge is 2.37. The van der Waals surface area contributed by atoms with Crippen LogP contribution in [0.2, 0.25) is 10.0 Å². The van der Waals surface area contributed by atoms with Crippen molar-refractivity contribution in [1.29, 1.82) is 0 Å². The van der Waals surface area contributed by atoms with Crippen LogP contribution in [-0.4, -0.2) is 5.11 Å². The molecule has 0 saturated heterocycles. The van der Waals surface area contributed by atoms with Crippen molar-refractivity contribution in [2.75, 3.05) is 0 Å². The Morgan fingerprint density at radius 2 is 1.90 bits per heavy atom. The molecular formula is C17H16Cl2OS. The molecule has 2 aromatic carbocycles. The first-order chi connectivity index (χ1) is 9.88. The van der Waals surface area contributed by atoms with Gasteiger partial charge < -0.3 is 5.11 Å². The third-order valence-corrected chi connectivity index (χ3v) is 6.00. The Bertz CT molecular complexity index is 697. The minimum absolute atomic E-state index is 0.0985. The summed E-state index contributed by atoms with van der Waals surface area (Å²) in [6.07, 6.45) is 0.619. The van der Waals surface area contributed by atoms with Crippen LogP contribution in [-0.2, 0) is 5.60 Å². The van der Waals surface area contributed by atoms with Crippen molar-refractivity contribution in [1.82, 2.24) is 0 Å². The fourth-order valence-electron chi connectivity index (χ4n) is 2.81. The summed E-state index contributed by atoms with van der Waals surface area (Å²) in [5.41, 5.74) is 2.13. The second kappa shape index (κ2) is 5.51. The minimum Gasteiger partial charge on any atom is -0.385 e. The van der Waals surface area contributed by atoms with E-state index in [1.165, 1.54) is 0 Å². The summed E-state index contributed by atoms with van der Waals surface area (Å²) >= 11 is 14.4. The molecule has 1 heterocycles. The zero-order valence-electron chi connectivity index (χ0n) is 11.9. The summed E-state index contributed by atoms with van der Waals surface area (Å²) in [6.45, 7) is 3.85. The standard InChI is InChI=1S/C17H16Cl2OS/c1-10-7-12-16(14(19)8-10)21-15(9-17(12,2)20)11-5-3-4-6-13(11)18/h3-8,15,20H,9H2,1-2H3/t15-,17-/m1/s1. The second-order valence-corrected chi connectivity index (χ2v) is 7.76. The van der Waals surface area contributed by atoms with Gasteiger partial charge in [0.05, 0.1) is 10.6 Å². The first kappa shape index (κ1) is 15.2. The van der Waals surface area contributed by atoms with Crippen LogP contribution in [0.15, 0.2) is 41.3 Å². The fraction of sp³-hybridized carbons (Fsp3) is 0.294. The molecule has 0 unspecified atom stereocenters. The van der Waals surface area contributed by atoms with Gasteiger partial charge in [-0.15, -0.1) is 11.8 Å². The molecule has 0 aliphatic carbocycles. The Hall–Kier alpha value is -0.670. The number of rotatable bonds is 1. The van der Waals surface area contributed by atoms with Crippen molar-refractivity contribution in [2.24, 2.45) is 0 Å². The van der Waals surface area contributed by atoms with E-state index in [9.17, 15) is 5.11 Å². The minimum atomic E-state index is -0.903. The molecule has 0 saturated carbocycles. The molecule has 1 N–H and O–H groups in total. The molecule has 2 aromatic rings. The van der Waals surface area contributed by atoms with E-state index in [0.717, 1.165) is 26.6 Å². The fourth-order valence-corrected chi connectivity index (χ4v) is 5.16. The monoisotopic (exact) mass is 338 g/mol. The molecule has 1 nitrogen and oxygen atoms in total. The highest BCUT2D eigenvalue weighted by atomic mass is 35.5. The van der Waals surface area contributed by atoms with Gasteiger partial charge in [-0.3, -0.25) is 0 Å². The molecule has 110 valence electrons. The van der Waals surface area contributed by atoms with E-state index in [2.05, 4.69) is 0 Å². The van der Waals surface area contributed by atoms with E-state index in [1.807, 2.05) is 50.2 Å². The predicted octanol–water partition coefficient (Wildman–Crippen LogP) is 5.75. The lowest BCUT2D eigenvalue weighted by Crippen LogP contribution is -2.28. The number of aliphatic hydroxyl groups is 1. The van der Waals surface area contributed by atoms with Gasteiger partial charge in [0.15, 0.2) is 0 Å². The van der Waals surface area contributed by atoms with Gasteiger partial charge in [-0.25, -0.2) is 0 Å². The third-order valence-electron chi connectivity index (χ3n) is 3.86. The van der Waals surface area contributed by atoms with Crippen LogP contribution in [0.4, 0.5) is 0 Å². The molecule has 0 amide bonds. The highest BCUT2D eigenvalue weighted by Crippen LogP contribution is 2.54. The molecule has 2 atom stereocenters. The van der Waals surface area contributed by atoms with Crippen molar-refractivity contribution in [3.05, 3.63) is 63.1 Å². The molecule has 0 radical (unpaired) electrons. The zero-order chi connectivity index (χ0) is 15.2. The average molecular weight is 339 g/mol. The molecule has 0 aromatic heterocycles. The molecule has 1 aliphatic heterocycles. The van der Waals surface area contributed by atoms with Gasteiger partial charge in [0.2, 0.25) is 0 Å². The van der Waals surface area contributed by atoms with Crippen LogP contribution in [0.1, 0.15) is 35.3 Å². The summed E-state index contributed by atoms with van der Waals surface area (Å²) < 4.78 is 0. The maximum atomic E-state index is 10.9. The Morgan fingerprint density at radius 3 is 2.62 bits per heavy atom. The number of fused-ring (bicyclic) bond motifs is 1. The Labute approximate surface area is 139 Å². The lowest BCUT2D eigenvalue weighted by molar-refractivity contribution is 0.0421. The van der Waals surface area contributed by atoms with Crippen molar-refractivity contribution < 1.29 is 5.11 Å². The topological polar surface area (TPSA) is 20.2 Å². The van der Waals surface area contributed by atoms with Crippen LogP contribution in [0.5, 0.6) is 0 Å². The average Bonchev–Trinajstić information content (AvgIpc) is 2.40. The summed E-state index contributed by atoms with van der Waals surface area (Å²) in [5.74, 6) is 0. The van der Waals surface area contributed by atoms with Gasteiger partial charge in [-0.1, -0.05) is 47.5 Å². The smallest absolute Gasteiger partial charge is 0.0893 e. The molecular weight excluding hydrogens is 323 g/mol. The lowest BCUT2D eigenvalue weighted by Gasteiger charge is -2.37. The van der Waals surface area contributed by atoms with Gasteiger partial charge in [-0.05, 0) is 49.1 Å². The normalized spacial score (nSPS) is 24.7. The number of thioether (sulfide) groups is 1. The molecule has 0 bridgehead atoms. The van der Waals surface area contributed by atoms with Crippen molar-refractivity contribution in [2.45, 2.75) is 36.0 Å². The molecule has 0 fully saturated rings. The molecule has 3 rings (SSSR count). The Balaban J connectivity index is 2.10. The maximum Gasteiger partial charge on any atom is 0.0893 e. The Kier molecular flexibility index (Phi) is 4.00. The second-order valence-electron chi connectivity index (χ2n) is 5.73. The van der Waals surface area contributed by atoms with Gasteiger partial charge in [0.1, 0.15) is 0 Å². The SMILES string of the molecule is Cc1cc(Cl)c2c(c1)[C@](C)(O)C[C@H](c1ccccc1Cl)S2. The van der Waals surface area contributed by atoms with Crippen molar-refractivity contribution >= 4 is 35.0 Å². The summed E-state index contributed by atoms with van der Waals surface area (Å²) in [7, 11) is 0. The largest absolute Gasteiger partial charge is 0.385 e. The van der Waals surface area contributed by atoms with Crippen molar-refractivity contribution in [3.63, 3.8) is 0 Å². The van der Waals surface area contributed by atoms with Gasteiger partial charge in [0, 0.05) is 15.2 Å². The highest BCUT2D eigenvalue weighted by molar-refractivity contribution is 7.99. The zero-order valence-corrected chi connectivity index (χ0v) is 14.2. The molecule has 1 aliphatic rings. The summed E-state index contributed by atoms with van der Waals surface area (Å²) in [6, 6.07) is 11.8. The van der Waals surface area contributed by atoms with Gasteiger partial charge in [-0.2, -0.15) is 0 Å². The van der Waals surface area contributed by atoms with Crippen molar-refractivity contribution in [3.8, 4) is 0 Å². The summed E-state index contributed by atoms with van der Waals surface area (Å²) in [4.78, 5) is 0.962. The molecule has 4 heteroatoms. The number of benzene rings is 2. The van der Waals surface area contributed by atoms with Crippen LogP contribution in [0.25, 0.3) is 0 Å². The first-order valence-corrected chi connectivity index (χ1v) is 8.46. The molecule has 21 heavy (non-hydrogen) atoms. The number of aryl methyl sites for hydroxylation is 1. The number of hydrogen-bond acceptors (Lipinski definition) is 2. The summed E-state index contributed by atoms with van der Waals surface area (Å²) in [5, 5.41) is 12.4. The van der Waals surface area contributed by atoms with E-state index < -0.39 is 5.60 Å². The van der Waals surface area contributed by atoms with Crippen LogP contribution in [0.3, 0.4) is 0 Å². The number of halogens is 2. The van der Waals surface area contributed by atoms with Crippen LogP contribution in [0, 0.1) is 6.92 Å². The Morgan fingerprint density at radius 1 is 1.19 bits per heavy atom. The van der Waals surface area contributed by atoms with Gasteiger partial charge in [0.25, 0.3) is 0 Å². The predicted molar refractivity (Wildman–Crippen MR) is 90.4 cm³/mol. The van der Waals surface area contributed by atoms with E-state index in [0.29, 0.717) is 11.4 Å². The van der Waals surface area contributed by atoms with E-state index in [1.54, 1.807) is 11.8 Å².